The van der Waals surface area contributed by atoms with Crippen LogP contribution in [0.4, 0.5) is 0 Å². The van der Waals surface area contributed by atoms with E-state index in [1.165, 1.54) is 4.70 Å². The molecule has 2 rings (SSSR count). The molecule has 1 aromatic carbocycles. The molecular formula is C13H16Cl2N2S2. The summed E-state index contributed by atoms with van der Waals surface area (Å²) in [6.07, 6.45) is 4.26. The van der Waals surface area contributed by atoms with E-state index in [4.69, 9.17) is 23.2 Å². The van der Waals surface area contributed by atoms with E-state index >= 15 is 0 Å². The van der Waals surface area contributed by atoms with E-state index in [2.05, 4.69) is 15.8 Å². The highest BCUT2D eigenvalue weighted by Crippen LogP contribution is 2.27. The quantitative estimate of drug-likeness (QED) is 0.405. The number of unbranched alkanes of at least 4 members (excludes halogenated alkanes) is 2. The van der Waals surface area contributed by atoms with Crippen LogP contribution in [0.2, 0.25) is 0 Å². The van der Waals surface area contributed by atoms with E-state index in [0.29, 0.717) is 0 Å². The zero-order valence-electron chi connectivity index (χ0n) is 10.4. The van der Waals surface area contributed by atoms with Crippen LogP contribution >= 0.6 is 46.5 Å². The van der Waals surface area contributed by atoms with E-state index in [9.17, 15) is 0 Å². The van der Waals surface area contributed by atoms with Gasteiger partial charge in [0.2, 0.25) is 0 Å². The fraction of sp³-hybridized carbons (Fsp3) is 0.462. The molecule has 0 atom stereocenters. The maximum absolute atomic E-state index is 5.68. The highest BCUT2D eigenvalue weighted by atomic mass is 35.5. The largest absolute Gasteiger partial charge is 0.258 e. The Kier molecular flexibility index (Phi) is 6.74. The predicted molar refractivity (Wildman–Crippen MR) is 87.4 cm³/mol. The first-order valence-corrected chi connectivity index (χ1v) is 8.80. The molecule has 1 aromatic heterocycles. The number of rotatable bonds is 8. The summed E-state index contributed by atoms with van der Waals surface area (Å²) in [4.78, 5) is 4.34. The molecule has 1 heterocycles. The van der Waals surface area contributed by atoms with Crippen molar-refractivity contribution in [2.24, 2.45) is 0 Å². The van der Waals surface area contributed by atoms with Crippen molar-refractivity contribution in [3.63, 3.8) is 0 Å². The minimum Gasteiger partial charge on any atom is -0.258 e. The second kappa shape index (κ2) is 8.32. The highest BCUT2D eigenvalue weighted by Gasteiger charge is 2.03. The molecule has 0 saturated heterocycles. The Morgan fingerprint density at radius 3 is 2.84 bits per heavy atom. The Bertz CT molecular complexity index is 469. The zero-order chi connectivity index (χ0) is 13.5. The number of fused-ring (bicyclic) bond motifs is 1. The molecule has 2 aromatic rings. The number of thiazole rings is 1. The van der Waals surface area contributed by atoms with E-state index in [1.54, 1.807) is 23.3 Å². The predicted octanol–water partition coefficient (Wildman–Crippen LogP) is 5.26. The van der Waals surface area contributed by atoms with Crippen LogP contribution in [0.1, 0.15) is 25.7 Å². The number of hydrogen-bond acceptors (Lipinski definition) is 4. The number of hydrogen-bond donors (Lipinski definition) is 1. The third kappa shape index (κ3) is 5.48. The van der Waals surface area contributed by atoms with Crippen LogP contribution in [-0.4, -0.2) is 16.4 Å². The first-order chi connectivity index (χ1) is 9.25. The molecule has 104 valence electrons. The van der Waals surface area contributed by atoms with Crippen LogP contribution in [-0.2, 0) is 0 Å². The first kappa shape index (κ1) is 15.4. The van der Waals surface area contributed by atoms with Gasteiger partial charge in [0.1, 0.15) is 4.84 Å². The third-order valence-corrected chi connectivity index (χ3v) is 5.02. The molecule has 0 amide bonds. The van der Waals surface area contributed by atoms with Crippen molar-refractivity contribution in [2.75, 3.05) is 6.54 Å². The first-order valence-electron chi connectivity index (χ1n) is 6.29. The molecule has 0 bridgehead atoms. The van der Waals surface area contributed by atoms with Crippen LogP contribution in [0.25, 0.3) is 10.2 Å². The Hall–Kier alpha value is -0.000000000000000194. The van der Waals surface area contributed by atoms with Crippen molar-refractivity contribution in [3.8, 4) is 0 Å². The normalized spacial score (nSPS) is 11.5. The summed E-state index contributed by atoms with van der Waals surface area (Å²) >= 11 is 14.7. The van der Waals surface area contributed by atoms with Gasteiger partial charge in [-0.25, -0.2) is 4.98 Å². The van der Waals surface area contributed by atoms with Crippen LogP contribution in [0.3, 0.4) is 0 Å². The average Bonchev–Trinajstić information content (AvgIpc) is 2.79. The molecule has 0 spiro atoms. The second-order valence-corrected chi connectivity index (χ2v) is 7.63. The van der Waals surface area contributed by atoms with Crippen molar-refractivity contribution in [1.29, 1.82) is 0 Å². The molecule has 6 heteroatoms. The lowest BCUT2D eigenvalue weighted by molar-refractivity contribution is 0.656. The van der Waals surface area contributed by atoms with E-state index < -0.39 is 0 Å². The van der Waals surface area contributed by atoms with Crippen LogP contribution < -0.4 is 4.72 Å². The van der Waals surface area contributed by atoms with Gasteiger partial charge in [0, 0.05) is 6.54 Å². The smallest absolute Gasteiger partial charge is 0.166 e. The van der Waals surface area contributed by atoms with Gasteiger partial charge in [-0.2, -0.15) is 0 Å². The van der Waals surface area contributed by atoms with Gasteiger partial charge in [0.15, 0.2) is 4.34 Å². The zero-order valence-corrected chi connectivity index (χ0v) is 13.6. The topological polar surface area (TPSA) is 24.9 Å². The Morgan fingerprint density at radius 2 is 2.05 bits per heavy atom. The maximum atomic E-state index is 5.68. The van der Waals surface area contributed by atoms with Gasteiger partial charge in [-0.1, -0.05) is 25.0 Å². The van der Waals surface area contributed by atoms with Crippen molar-refractivity contribution >= 4 is 56.7 Å². The number of halogens is 2. The molecule has 19 heavy (non-hydrogen) atoms. The van der Waals surface area contributed by atoms with Gasteiger partial charge in [-0.3, -0.25) is 4.72 Å². The Labute approximate surface area is 132 Å². The number of aromatic nitrogens is 1. The monoisotopic (exact) mass is 334 g/mol. The third-order valence-electron chi connectivity index (χ3n) is 2.63. The maximum Gasteiger partial charge on any atom is 0.166 e. The summed E-state index contributed by atoms with van der Waals surface area (Å²) in [6.45, 7) is 0.982. The van der Waals surface area contributed by atoms with Gasteiger partial charge in [-0.05, 0) is 36.9 Å². The van der Waals surface area contributed by atoms with Gasteiger partial charge in [0.05, 0.1) is 10.2 Å². The molecule has 1 N–H and O–H groups in total. The number of nitrogens with one attached hydrogen (secondary N) is 1. The number of benzene rings is 1. The fourth-order valence-electron chi connectivity index (χ4n) is 1.68. The summed E-state index contributed by atoms with van der Waals surface area (Å²) in [5.41, 5.74) is 1.08. The Balaban J connectivity index is 1.63. The lowest BCUT2D eigenvalue weighted by Crippen LogP contribution is -2.05. The number of alkyl halides is 2. The van der Waals surface area contributed by atoms with Crippen molar-refractivity contribution in [3.05, 3.63) is 24.3 Å². The minimum atomic E-state index is -0.218. The van der Waals surface area contributed by atoms with Crippen molar-refractivity contribution in [1.82, 2.24) is 9.71 Å². The van der Waals surface area contributed by atoms with Crippen molar-refractivity contribution < 1.29 is 0 Å². The summed E-state index contributed by atoms with van der Waals surface area (Å²) < 4.78 is 5.66. The molecule has 0 saturated carbocycles. The van der Waals surface area contributed by atoms with Gasteiger partial charge < -0.3 is 0 Å². The number of nitrogens with zero attached hydrogens (tertiary/aromatic N) is 1. The standard InChI is InChI=1S/C13H16Cl2N2S2/c14-12(15)8-2-1-5-9-16-19-13-17-10-6-3-4-7-11(10)18-13/h3-4,6-7,12,16H,1-2,5,8-9H2. The molecule has 0 aliphatic carbocycles. The molecule has 0 fully saturated rings. The van der Waals surface area contributed by atoms with E-state index in [-0.39, 0.29) is 4.84 Å². The second-order valence-electron chi connectivity index (χ2n) is 4.18. The van der Waals surface area contributed by atoms with Crippen molar-refractivity contribution in [2.45, 2.75) is 34.9 Å². The lowest BCUT2D eigenvalue weighted by atomic mass is 10.2. The average molecular weight is 335 g/mol. The SMILES string of the molecule is ClC(Cl)CCCCCNSc1nc2ccccc2s1. The van der Waals surface area contributed by atoms with Gasteiger partial charge in [-0.15, -0.1) is 34.5 Å². The lowest BCUT2D eigenvalue weighted by Gasteiger charge is -2.02. The summed E-state index contributed by atoms with van der Waals surface area (Å²) in [6, 6.07) is 8.21. The van der Waals surface area contributed by atoms with Gasteiger partial charge >= 0.3 is 0 Å². The van der Waals surface area contributed by atoms with Crippen LogP contribution in [0, 0.1) is 0 Å². The van der Waals surface area contributed by atoms with E-state index in [1.807, 2.05) is 18.2 Å². The summed E-state index contributed by atoms with van der Waals surface area (Å²) in [5.74, 6) is 0. The number of para-hydroxylation sites is 1. The molecule has 0 radical (unpaired) electrons. The molecular weight excluding hydrogens is 319 g/mol. The fourth-order valence-corrected chi connectivity index (χ4v) is 3.81. The van der Waals surface area contributed by atoms with Crippen LogP contribution in [0.5, 0.6) is 0 Å². The molecule has 0 unspecified atom stereocenters. The van der Waals surface area contributed by atoms with E-state index in [0.717, 1.165) is 42.1 Å². The summed E-state index contributed by atoms with van der Waals surface area (Å²) in [5, 5.41) is 0. The molecule has 0 aliphatic rings. The molecule has 2 nitrogen and oxygen atoms in total. The summed E-state index contributed by atoms with van der Waals surface area (Å²) in [7, 11) is 0. The minimum absolute atomic E-state index is 0.218. The van der Waals surface area contributed by atoms with Crippen LogP contribution in [0.15, 0.2) is 28.6 Å². The Morgan fingerprint density at radius 1 is 1.21 bits per heavy atom. The van der Waals surface area contributed by atoms with Gasteiger partial charge in [0.25, 0.3) is 0 Å². The highest BCUT2D eigenvalue weighted by molar-refractivity contribution is 7.99. The molecule has 0 aliphatic heterocycles.